The molecule has 1 N–H and O–H groups in total. The van der Waals surface area contributed by atoms with Gasteiger partial charge in [-0.05, 0) is 62.1 Å². The first kappa shape index (κ1) is 15.0. The minimum atomic E-state index is -0.482. The average Bonchev–Trinajstić information content (AvgIpc) is 3.27. The molecule has 2 fully saturated rings. The molecule has 116 valence electrons. The highest BCUT2D eigenvalue weighted by Crippen LogP contribution is 2.32. The van der Waals surface area contributed by atoms with E-state index in [9.17, 15) is 8.78 Å². The standard InChI is InChI=1S/C18H25F2N/c19-16-7-6-14(18(20)11-16)10-13-4-2-1-3-5-15(13)12-21-17-8-9-17/h6-7,11,13,15,17,21H,1-5,8-10,12H2. The number of halogens is 2. The Kier molecular flexibility index (Phi) is 4.89. The van der Waals surface area contributed by atoms with Gasteiger partial charge in [-0.2, -0.15) is 0 Å². The second-order valence-corrected chi connectivity index (χ2v) is 6.78. The minimum absolute atomic E-state index is 0.381. The molecule has 0 amide bonds. The predicted molar refractivity (Wildman–Crippen MR) is 81.2 cm³/mol. The van der Waals surface area contributed by atoms with Gasteiger partial charge in [0.1, 0.15) is 11.6 Å². The van der Waals surface area contributed by atoms with Gasteiger partial charge in [0.25, 0.3) is 0 Å². The lowest BCUT2D eigenvalue weighted by Crippen LogP contribution is -2.30. The molecule has 0 radical (unpaired) electrons. The Morgan fingerprint density at radius 3 is 2.43 bits per heavy atom. The van der Waals surface area contributed by atoms with Gasteiger partial charge in [-0.3, -0.25) is 0 Å². The van der Waals surface area contributed by atoms with Gasteiger partial charge in [-0.25, -0.2) is 8.78 Å². The molecule has 2 saturated carbocycles. The molecule has 1 nitrogen and oxygen atoms in total. The smallest absolute Gasteiger partial charge is 0.129 e. The molecule has 0 bridgehead atoms. The molecule has 1 aromatic carbocycles. The van der Waals surface area contributed by atoms with E-state index in [-0.39, 0.29) is 5.82 Å². The molecule has 3 rings (SSSR count). The molecule has 2 aliphatic carbocycles. The molecule has 0 heterocycles. The average molecular weight is 293 g/mol. The topological polar surface area (TPSA) is 12.0 Å². The molecule has 2 aliphatic rings. The molecule has 3 heteroatoms. The van der Waals surface area contributed by atoms with Gasteiger partial charge in [0, 0.05) is 12.1 Å². The summed E-state index contributed by atoms with van der Waals surface area (Å²) >= 11 is 0. The summed E-state index contributed by atoms with van der Waals surface area (Å²) in [6.45, 7) is 1.07. The second kappa shape index (κ2) is 6.87. The molecular formula is C18H25F2N. The highest BCUT2D eigenvalue weighted by atomic mass is 19.1. The maximum Gasteiger partial charge on any atom is 0.129 e. The SMILES string of the molecule is Fc1ccc(CC2CCCCCC2CNC2CC2)c(F)c1. The van der Waals surface area contributed by atoms with Crippen molar-refractivity contribution >= 4 is 0 Å². The first-order valence-electron chi connectivity index (χ1n) is 8.39. The third kappa shape index (κ3) is 4.26. The highest BCUT2D eigenvalue weighted by molar-refractivity contribution is 5.19. The molecule has 0 saturated heterocycles. The van der Waals surface area contributed by atoms with Gasteiger partial charge in [-0.15, -0.1) is 0 Å². The fourth-order valence-corrected chi connectivity index (χ4v) is 3.57. The van der Waals surface area contributed by atoms with E-state index < -0.39 is 5.82 Å². The third-order valence-corrected chi connectivity index (χ3v) is 5.06. The largest absolute Gasteiger partial charge is 0.314 e. The maximum atomic E-state index is 13.9. The molecule has 1 aromatic rings. The van der Waals surface area contributed by atoms with E-state index >= 15 is 0 Å². The van der Waals surface area contributed by atoms with Crippen molar-refractivity contribution in [2.45, 2.75) is 57.4 Å². The Bertz CT molecular complexity index is 470. The van der Waals surface area contributed by atoms with Crippen molar-refractivity contribution in [3.8, 4) is 0 Å². The van der Waals surface area contributed by atoms with Crippen molar-refractivity contribution in [3.05, 3.63) is 35.4 Å². The van der Waals surface area contributed by atoms with E-state index in [4.69, 9.17) is 0 Å². The highest BCUT2D eigenvalue weighted by Gasteiger charge is 2.27. The van der Waals surface area contributed by atoms with Crippen molar-refractivity contribution in [2.24, 2.45) is 11.8 Å². The van der Waals surface area contributed by atoms with Crippen LogP contribution in [0.15, 0.2) is 18.2 Å². The molecular weight excluding hydrogens is 268 g/mol. The Morgan fingerprint density at radius 1 is 0.952 bits per heavy atom. The fraction of sp³-hybridized carbons (Fsp3) is 0.667. The monoisotopic (exact) mass is 293 g/mol. The van der Waals surface area contributed by atoms with E-state index in [1.165, 1.54) is 51.0 Å². The zero-order valence-electron chi connectivity index (χ0n) is 12.6. The summed E-state index contributed by atoms with van der Waals surface area (Å²) in [6, 6.07) is 4.76. The van der Waals surface area contributed by atoms with Crippen LogP contribution >= 0.6 is 0 Å². The minimum Gasteiger partial charge on any atom is -0.314 e. The van der Waals surface area contributed by atoms with Crippen molar-refractivity contribution in [1.82, 2.24) is 5.32 Å². The lowest BCUT2D eigenvalue weighted by Gasteiger charge is -2.26. The van der Waals surface area contributed by atoms with Gasteiger partial charge in [-0.1, -0.05) is 25.3 Å². The van der Waals surface area contributed by atoms with Crippen LogP contribution in [-0.2, 0) is 6.42 Å². The predicted octanol–water partition coefficient (Wildman–Crippen LogP) is 4.46. The van der Waals surface area contributed by atoms with Crippen LogP contribution in [-0.4, -0.2) is 12.6 Å². The van der Waals surface area contributed by atoms with E-state index in [0.717, 1.165) is 25.1 Å². The zero-order chi connectivity index (χ0) is 14.7. The van der Waals surface area contributed by atoms with Crippen molar-refractivity contribution in [2.75, 3.05) is 6.54 Å². The number of benzene rings is 1. The Hall–Kier alpha value is -0.960. The van der Waals surface area contributed by atoms with Crippen molar-refractivity contribution < 1.29 is 8.78 Å². The van der Waals surface area contributed by atoms with Gasteiger partial charge >= 0.3 is 0 Å². The summed E-state index contributed by atoms with van der Waals surface area (Å²) in [5.74, 6) is 0.300. The third-order valence-electron chi connectivity index (χ3n) is 5.06. The fourth-order valence-electron chi connectivity index (χ4n) is 3.57. The van der Waals surface area contributed by atoms with Crippen LogP contribution < -0.4 is 5.32 Å². The van der Waals surface area contributed by atoms with Gasteiger partial charge in [0.15, 0.2) is 0 Å². The number of hydrogen-bond acceptors (Lipinski definition) is 1. The van der Waals surface area contributed by atoms with Gasteiger partial charge in [0.05, 0.1) is 0 Å². The lowest BCUT2D eigenvalue weighted by molar-refractivity contribution is 0.294. The second-order valence-electron chi connectivity index (χ2n) is 6.78. The van der Waals surface area contributed by atoms with E-state index in [1.54, 1.807) is 6.07 Å². The molecule has 0 aliphatic heterocycles. The Morgan fingerprint density at radius 2 is 1.71 bits per heavy atom. The van der Waals surface area contributed by atoms with Crippen LogP contribution in [0.5, 0.6) is 0 Å². The first-order valence-corrected chi connectivity index (χ1v) is 8.39. The summed E-state index contributed by atoms with van der Waals surface area (Å²) < 4.78 is 26.9. The number of rotatable bonds is 5. The molecule has 2 unspecified atom stereocenters. The van der Waals surface area contributed by atoms with Crippen molar-refractivity contribution in [3.63, 3.8) is 0 Å². The first-order chi connectivity index (χ1) is 10.2. The molecule has 2 atom stereocenters. The van der Waals surface area contributed by atoms with E-state index in [1.807, 2.05) is 0 Å². The number of nitrogens with one attached hydrogen (secondary N) is 1. The summed E-state index contributed by atoms with van der Waals surface area (Å²) in [5, 5.41) is 3.64. The normalized spacial score (nSPS) is 26.6. The number of hydrogen-bond donors (Lipinski definition) is 1. The van der Waals surface area contributed by atoms with Gasteiger partial charge in [0.2, 0.25) is 0 Å². The lowest BCUT2D eigenvalue weighted by atomic mass is 9.83. The van der Waals surface area contributed by atoms with Crippen LogP contribution in [0.4, 0.5) is 8.78 Å². The molecule has 0 aromatic heterocycles. The Balaban J connectivity index is 1.65. The molecule has 21 heavy (non-hydrogen) atoms. The summed E-state index contributed by atoms with van der Waals surface area (Å²) in [4.78, 5) is 0. The van der Waals surface area contributed by atoms with Crippen LogP contribution in [0.3, 0.4) is 0 Å². The van der Waals surface area contributed by atoms with E-state index in [0.29, 0.717) is 17.4 Å². The zero-order valence-corrected chi connectivity index (χ0v) is 12.6. The van der Waals surface area contributed by atoms with E-state index in [2.05, 4.69) is 5.32 Å². The van der Waals surface area contributed by atoms with Crippen molar-refractivity contribution in [1.29, 1.82) is 0 Å². The summed E-state index contributed by atoms with van der Waals surface area (Å²) in [6.07, 6.45) is 9.62. The quantitative estimate of drug-likeness (QED) is 0.791. The van der Waals surface area contributed by atoms with Crippen LogP contribution in [0.25, 0.3) is 0 Å². The van der Waals surface area contributed by atoms with Crippen LogP contribution in [0, 0.1) is 23.5 Å². The summed E-state index contributed by atoms with van der Waals surface area (Å²) in [5.41, 5.74) is 0.680. The van der Waals surface area contributed by atoms with Crippen LogP contribution in [0.1, 0.15) is 50.5 Å². The Labute approximate surface area is 126 Å². The van der Waals surface area contributed by atoms with Gasteiger partial charge < -0.3 is 5.32 Å². The van der Waals surface area contributed by atoms with Crippen LogP contribution in [0.2, 0.25) is 0 Å². The summed E-state index contributed by atoms with van der Waals surface area (Å²) in [7, 11) is 0. The maximum absolute atomic E-state index is 13.9. The molecule has 0 spiro atoms.